The van der Waals surface area contributed by atoms with E-state index in [2.05, 4.69) is 0 Å². The van der Waals surface area contributed by atoms with E-state index in [1.54, 1.807) is 0 Å². The molecule has 0 aliphatic carbocycles. The molecule has 92 valence electrons. The molecule has 5 heteroatoms. The highest BCUT2D eigenvalue weighted by molar-refractivity contribution is 4.58. The Morgan fingerprint density at radius 3 is 2.33 bits per heavy atom. The molecule has 0 aliphatic rings. The van der Waals surface area contributed by atoms with Gasteiger partial charge in [-0.15, -0.1) is 0 Å². The molecule has 2 nitrogen and oxygen atoms in total. The molecule has 0 saturated heterocycles. The number of hydrogen-bond acceptors (Lipinski definition) is 2. The zero-order valence-corrected chi connectivity index (χ0v) is 9.02. The Kier molecular flexibility index (Phi) is 7.78. The molecule has 0 spiro atoms. The summed E-state index contributed by atoms with van der Waals surface area (Å²) in [5.74, 6) is 0. The van der Waals surface area contributed by atoms with Crippen LogP contribution in [-0.2, 0) is 4.74 Å². The summed E-state index contributed by atoms with van der Waals surface area (Å²) in [5.41, 5.74) is 0. The summed E-state index contributed by atoms with van der Waals surface area (Å²) < 4.78 is 40.3. The number of ether oxygens (including phenoxy) is 1. The molecule has 0 amide bonds. The van der Waals surface area contributed by atoms with E-state index in [1.807, 2.05) is 6.92 Å². The second-order valence-corrected chi connectivity index (χ2v) is 3.50. The molecule has 0 radical (unpaired) electrons. The number of aliphatic hydroxyl groups is 1. The summed E-state index contributed by atoms with van der Waals surface area (Å²) in [7, 11) is 0. The second kappa shape index (κ2) is 7.93. The minimum absolute atomic E-state index is 0.000693. The molecule has 0 heterocycles. The van der Waals surface area contributed by atoms with Crippen LogP contribution in [0.1, 0.15) is 39.0 Å². The third-order valence-corrected chi connectivity index (χ3v) is 2.03. The fourth-order valence-corrected chi connectivity index (χ4v) is 1.25. The Hall–Kier alpha value is -0.290. The minimum atomic E-state index is -4.11. The normalized spacial score (nSPS) is 14.2. The predicted molar refractivity (Wildman–Crippen MR) is 51.6 cm³/mol. The summed E-state index contributed by atoms with van der Waals surface area (Å²) in [6, 6.07) is 0. The molecule has 0 saturated carbocycles. The number of rotatable bonds is 8. The van der Waals surface area contributed by atoms with Crippen molar-refractivity contribution in [2.75, 3.05) is 13.2 Å². The Labute approximate surface area is 88.4 Å². The summed E-state index contributed by atoms with van der Waals surface area (Å²) in [4.78, 5) is 0. The van der Waals surface area contributed by atoms with Crippen LogP contribution in [0.3, 0.4) is 0 Å². The lowest BCUT2D eigenvalue weighted by Gasteiger charge is -2.11. The van der Waals surface area contributed by atoms with Gasteiger partial charge in [0.2, 0.25) is 0 Å². The third-order valence-electron chi connectivity index (χ3n) is 2.03. The number of alkyl halides is 3. The highest BCUT2D eigenvalue weighted by atomic mass is 19.4. The van der Waals surface area contributed by atoms with Crippen molar-refractivity contribution in [3.8, 4) is 0 Å². The zero-order valence-electron chi connectivity index (χ0n) is 9.02. The Morgan fingerprint density at radius 1 is 1.20 bits per heavy atom. The quantitative estimate of drug-likeness (QED) is 0.647. The van der Waals surface area contributed by atoms with Gasteiger partial charge in [-0.2, -0.15) is 13.2 Å². The first-order chi connectivity index (χ1) is 6.95. The van der Waals surface area contributed by atoms with Crippen LogP contribution in [0.4, 0.5) is 13.2 Å². The maximum absolute atomic E-state index is 11.8. The number of hydrogen-bond donors (Lipinski definition) is 1. The van der Waals surface area contributed by atoms with Gasteiger partial charge in [0.1, 0.15) is 0 Å². The van der Waals surface area contributed by atoms with Crippen molar-refractivity contribution < 1.29 is 23.0 Å². The van der Waals surface area contributed by atoms with Gasteiger partial charge >= 0.3 is 6.18 Å². The standard InChI is InChI=1S/C10H19F3O2/c1-2-15-8-4-6-9(14)5-3-7-10(11,12)13/h9,14H,2-8H2,1H3. The molecule has 0 rings (SSSR count). The molecule has 0 aromatic rings. The number of halogens is 3. The SMILES string of the molecule is CCOCCCC(O)CCCC(F)(F)F. The van der Waals surface area contributed by atoms with Crippen LogP contribution in [0.25, 0.3) is 0 Å². The van der Waals surface area contributed by atoms with Crippen LogP contribution in [-0.4, -0.2) is 30.6 Å². The van der Waals surface area contributed by atoms with Gasteiger partial charge in [0.15, 0.2) is 0 Å². The summed E-state index contributed by atoms with van der Waals surface area (Å²) in [5, 5.41) is 9.32. The molecule has 0 fully saturated rings. The predicted octanol–water partition coefficient (Wildman–Crippen LogP) is 2.90. The van der Waals surface area contributed by atoms with E-state index >= 15 is 0 Å². The lowest BCUT2D eigenvalue weighted by atomic mass is 10.1. The van der Waals surface area contributed by atoms with Crippen molar-refractivity contribution >= 4 is 0 Å². The highest BCUT2D eigenvalue weighted by Crippen LogP contribution is 2.23. The number of aliphatic hydroxyl groups excluding tert-OH is 1. The van der Waals surface area contributed by atoms with Crippen molar-refractivity contribution in [1.29, 1.82) is 0 Å². The van der Waals surface area contributed by atoms with Gasteiger partial charge in [-0.1, -0.05) is 0 Å². The van der Waals surface area contributed by atoms with Gasteiger partial charge in [0, 0.05) is 19.6 Å². The van der Waals surface area contributed by atoms with Crippen molar-refractivity contribution in [3.63, 3.8) is 0 Å². The highest BCUT2D eigenvalue weighted by Gasteiger charge is 2.26. The van der Waals surface area contributed by atoms with Crippen molar-refractivity contribution in [3.05, 3.63) is 0 Å². The van der Waals surface area contributed by atoms with Crippen LogP contribution >= 0.6 is 0 Å². The monoisotopic (exact) mass is 228 g/mol. The van der Waals surface area contributed by atoms with E-state index in [0.717, 1.165) is 0 Å². The largest absolute Gasteiger partial charge is 0.393 e. The average Bonchev–Trinajstić information content (AvgIpc) is 2.10. The Balaban J connectivity index is 3.29. The maximum Gasteiger partial charge on any atom is 0.389 e. The molecule has 0 aliphatic heterocycles. The zero-order chi connectivity index (χ0) is 11.7. The summed E-state index contributed by atoms with van der Waals surface area (Å²) in [6.45, 7) is 3.07. The molecule has 0 aromatic heterocycles. The van der Waals surface area contributed by atoms with E-state index < -0.39 is 18.7 Å². The Bertz CT molecular complexity index is 148. The molecular formula is C10H19F3O2. The van der Waals surface area contributed by atoms with Crippen LogP contribution < -0.4 is 0 Å². The van der Waals surface area contributed by atoms with E-state index in [4.69, 9.17) is 4.74 Å². The van der Waals surface area contributed by atoms with Gasteiger partial charge in [0.05, 0.1) is 6.10 Å². The molecular weight excluding hydrogens is 209 g/mol. The van der Waals surface area contributed by atoms with Gasteiger partial charge in [-0.05, 0) is 32.6 Å². The molecule has 1 unspecified atom stereocenters. The van der Waals surface area contributed by atoms with Crippen molar-refractivity contribution in [2.45, 2.75) is 51.3 Å². The van der Waals surface area contributed by atoms with E-state index in [-0.39, 0.29) is 12.8 Å². The van der Waals surface area contributed by atoms with Gasteiger partial charge in [0.25, 0.3) is 0 Å². The van der Waals surface area contributed by atoms with Crippen LogP contribution in [0.2, 0.25) is 0 Å². The van der Waals surface area contributed by atoms with E-state index in [9.17, 15) is 18.3 Å². The molecule has 0 aromatic carbocycles. The van der Waals surface area contributed by atoms with E-state index in [1.165, 1.54) is 0 Å². The first kappa shape index (κ1) is 14.7. The first-order valence-corrected chi connectivity index (χ1v) is 5.28. The van der Waals surface area contributed by atoms with E-state index in [0.29, 0.717) is 26.1 Å². The minimum Gasteiger partial charge on any atom is -0.393 e. The first-order valence-electron chi connectivity index (χ1n) is 5.28. The topological polar surface area (TPSA) is 29.5 Å². The molecule has 1 atom stereocenters. The third kappa shape index (κ3) is 11.6. The average molecular weight is 228 g/mol. The van der Waals surface area contributed by atoms with Gasteiger partial charge in [-0.3, -0.25) is 0 Å². The fraction of sp³-hybridized carbons (Fsp3) is 1.00. The maximum atomic E-state index is 11.8. The fourth-order valence-electron chi connectivity index (χ4n) is 1.25. The molecule has 0 bridgehead atoms. The van der Waals surface area contributed by atoms with Gasteiger partial charge in [-0.25, -0.2) is 0 Å². The second-order valence-electron chi connectivity index (χ2n) is 3.50. The van der Waals surface area contributed by atoms with Crippen molar-refractivity contribution in [1.82, 2.24) is 0 Å². The smallest absolute Gasteiger partial charge is 0.389 e. The Morgan fingerprint density at radius 2 is 1.80 bits per heavy atom. The van der Waals surface area contributed by atoms with Crippen LogP contribution in [0.5, 0.6) is 0 Å². The lowest BCUT2D eigenvalue weighted by Crippen LogP contribution is -2.12. The van der Waals surface area contributed by atoms with Crippen LogP contribution in [0, 0.1) is 0 Å². The lowest BCUT2D eigenvalue weighted by molar-refractivity contribution is -0.136. The summed E-state index contributed by atoms with van der Waals surface area (Å²) in [6.07, 6.45) is -4.13. The summed E-state index contributed by atoms with van der Waals surface area (Å²) >= 11 is 0. The van der Waals surface area contributed by atoms with Crippen LogP contribution in [0.15, 0.2) is 0 Å². The molecule has 15 heavy (non-hydrogen) atoms. The van der Waals surface area contributed by atoms with Gasteiger partial charge < -0.3 is 9.84 Å². The van der Waals surface area contributed by atoms with Crippen molar-refractivity contribution in [2.24, 2.45) is 0 Å². The molecule has 1 N–H and O–H groups in total.